The molecule has 2 rings (SSSR count). The summed E-state index contributed by atoms with van der Waals surface area (Å²) in [6.45, 7) is 9.60. The third-order valence-electron chi connectivity index (χ3n) is 3.91. The third-order valence-corrected chi connectivity index (χ3v) is 4.18. The van der Waals surface area contributed by atoms with Gasteiger partial charge in [0.1, 0.15) is 5.82 Å². The molecule has 0 bridgehead atoms. The Labute approximate surface area is 127 Å². The largest absolute Gasteiger partial charge is 0.358 e. The predicted molar refractivity (Wildman–Crippen MR) is 86.3 cm³/mol. The first-order valence-corrected chi connectivity index (χ1v) is 7.91. The molecule has 1 aromatic heterocycles. The van der Waals surface area contributed by atoms with Crippen molar-refractivity contribution in [3.05, 3.63) is 22.8 Å². The van der Waals surface area contributed by atoms with Gasteiger partial charge in [-0.15, -0.1) is 0 Å². The highest BCUT2D eigenvalue weighted by molar-refractivity contribution is 6.33. The van der Waals surface area contributed by atoms with Crippen molar-refractivity contribution in [2.24, 2.45) is 17.8 Å². The first kappa shape index (κ1) is 15.6. The Morgan fingerprint density at radius 2 is 2.20 bits per heavy atom. The zero-order chi connectivity index (χ0) is 14.7. The van der Waals surface area contributed by atoms with Gasteiger partial charge in [0.2, 0.25) is 0 Å². The van der Waals surface area contributed by atoms with Gasteiger partial charge in [-0.1, -0.05) is 32.4 Å². The number of halogens is 1. The molecule has 1 aliphatic carbocycles. The fourth-order valence-corrected chi connectivity index (χ4v) is 2.78. The number of hydrogen-bond donors (Lipinski definition) is 1. The summed E-state index contributed by atoms with van der Waals surface area (Å²) in [7, 11) is 2.08. The Morgan fingerprint density at radius 1 is 1.50 bits per heavy atom. The van der Waals surface area contributed by atoms with Crippen LogP contribution < -0.4 is 10.2 Å². The SMILES string of the molecule is CC(C)CNCc1cnc(N(C)CC2CC2C)c(Cl)c1. The average molecular weight is 296 g/mol. The van der Waals surface area contributed by atoms with Crippen LogP contribution in [0.25, 0.3) is 0 Å². The topological polar surface area (TPSA) is 28.2 Å². The van der Waals surface area contributed by atoms with E-state index in [0.717, 1.165) is 47.9 Å². The van der Waals surface area contributed by atoms with Crippen LogP contribution in [0.4, 0.5) is 5.82 Å². The summed E-state index contributed by atoms with van der Waals surface area (Å²) in [6, 6.07) is 2.03. The molecule has 3 nitrogen and oxygen atoms in total. The minimum absolute atomic E-state index is 0.657. The van der Waals surface area contributed by atoms with E-state index in [9.17, 15) is 0 Å². The zero-order valence-electron chi connectivity index (χ0n) is 13.0. The smallest absolute Gasteiger partial charge is 0.147 e. The summed E-state index contributed by atoms with van der Waals surface area (Å²) in [5.74, 6) is 3.23. The molecule has 0 saturated heterocycles. The molecule has 20 heavy (non-hydrogen) atoms. The van der Waals surface area contributed by atoms with Gasteiger partial charge in [0, 0.05) is 26.3 Å². The van der Waals surface area contributed by atoms with E-state index >= 15 is 0 Å². The van der Waals surface area contributed by atoms with Gasteiger partial charge in [-0.25, -0.2) is 4.98 Å². The van der Waals surface area contributed by atoms with Gasteiger partial charge in [-0.2, -0.15) is 0 Å². The van der Waals surface area contributed by atoms with Crippen LogP contribution in [0.5, 0.6) is 0 Å². The van der Waals surface area contributed by atoms with Gasteiger partial charge >= 0.3 is 0 Å². The molecule has 4 heteroatoms. The van der Waals surface area contributed by atoms with Crippen molar-refractivity contribution in [3.8, 4) is 0 Å². The number of aromatic nitrogens is 1. The third kappa shape index (κ3) is 4.35. The molecule has 112 valence electrons. The second kappa shape index (κ2) is 6.77. The average Bonchev–Trinajstić information content (AvgIpc) is 3.04. The van der Waals surface area contributed by atoms with E-state index in [2.05, 4.69) is 43.0 Å². The van der Waals surface area contributed by atoms with Crippen LogP contribution in [0.1, 0.15) is 32.8 Å². The first-order chi connectivity index (χ1) is 9.47. The summed E-state index contributed by atoms with van der Waals surface area (Å²) in [4.78, 5) is 6.72. The standard InChI is InChI=1S/C16H26ClN3/c1-11(2)7-18-8-13-6-15(17)16(19-9-13)20(4)10-14-5-12(14)3/h6,9,11-12,14,18H,5,7-8,10H2,1-4H3. The van der Waals surface area contributed by atoms with Crippen LogP contribution in [0, 0.1) is 17.8 Å². The Kier molecular flexibility index (Phi) is 5.28. The fraction of sp³-hybridized carbons (Fsp3) is 0.688. The van der Waals surface area contributed by atoms with Crippen molar-refractivity contribution in [1.82, 2.24) is 10.3 Å². The quantitative estimate of drug-likeness (QED) is 0.833. The number of hydrogen-bond acceptors (Lipinski definition) is 3. The summed E-state index contributed by atoms with van der Waals surface area (Å²) < 4.78 is 0. The highest BCUT2D eigenvalue weighted by atomic mass is 35.5. The second-order valence-corrected chi connectivity index (χ2v) is 6.93. The molecular weight excluding hydrogens is 270 g/mol. The molecule has 2 atom stereocenters. The highest BCUT2D eigenvalue weighted by Gasteiger charge is 2.33. The number of nitrogens with one attached hydrogen (secondary N) is 1. The van der Waals surface area contributed by atoms with Crippen molar-refractivity contribution < 1.29 is 0 Å². The van der Waals surface area contributed by atoms with Gasteiger partial charge < -0.3 is 10.2 Å². The molecule has 0 amide bonds. The first-order valence-electron chi connectivity index (χ1n) is 7.53. The van der Waals surface area contributed by atoms with Crippen molar-refractivity contribution in [2.75, 3.05) is 25.0 Å². The molecule has 1 aromatic rings. The van der Waals surface area contributed by atoms with Crippen LogP contribution >= 0.6 is 11.6 Å². The lowest BCUT2D eigenvalue weighted by atomic mass is 10.2. The van der Waals surface area contributed by atoms with Crippen molar-refractivity contribution in [3.63, 3.8) is 0 Å². The number of anilines is 1. The number of pyridine rings is 1. The summed E-state index contributed by atoms with van der Waals surface area (Å²) >= 11 is 6.37. The molecule has 0 aliphatic heterocycles. The van der Waals surface area contributed by atoms with Gasteiger partial charge in [0.05, 0.1) is 5.02 Å². The van der Waals surface area contributed by atoms with Gasteiger partial charge in [0.25, 0.3) is 0 Å². The molecule has 0 aromatic carbocycles. The maximum atomic E-state index is 6.37. The maximum absolute atomic E-state index is 6.37. The Hall–Kier alpha value is -0.800. The minimum Gasteiger partial charge on any atom is -0.358 e. The van der Waals surface area contributed by atoms with E-state index in [0.29, 0.717) is 5.92 Å². The van der Waals surface area contributed by atoms with Crippen molar-refractivity contribution in [1.29, 1.82) is 0 Å². The predicted octanol–water partition coefficient (Wildman–Crippen LogP) is 3.57. The van der Waals surface area contributed by atoms with Crippen molar-refractivity contribution in [2.45, 2.75) is 33.7 Å². The van der Waals surface area contributed by atoms with E-state index in [1.807, 2.05) is 12.3 Å². The van der Waals surface area contributed by atoms with Crippen molar-refractivity contribution >= 4 is 17.4 Å². The zero-order valence-corrected chi connectivity index (χ0v) is 13.7. The monoisotopic (exact) mass is 295 g/mol. The van der Waals surface area contributed by atoms with E-state index in [1.54, 1.807) is 0 Å². The molecule has 1 saturated carbocycles. The van der Waals surface area contributed by atoms with Crippen LogP contribution in [0.15, 0.2) is 12.3 Å². The second-order valence-electron chi connectivity index (χ2n) is 6.53. The van der Waals surface area contributed by atoms with Crippen LogP contribution in [-0.4, -0.2) is 25.1 Å². The van der Waals surface area contributed by atoms with Gasteiger partial charge in [0.15, 0.2) is 0 Å². The molecule has 1 fully saturated rings. The molecule has 1 heterocycles. The lowest BCUT2D eigenvalue weighted by molar-refractivity contribution is 0.552. The molecule has 2 unspecified atom stereocenters. The Bertz CT molecular complexity index is 447. The lowest BCUT2D eigenvalue weighted by Gasteiger charge is -2.20. The van der Waals surface area contributed by atoms with Gasteiger partial charge in [-0.3, -0.25) is 0 Å². The van der Waals surface area contributed by atoms with Crippen LogP contribution in [0.2, 0.25) is 5.02 Å². The molecule has 1 aliphatic rings. The van der Waals surface area contributed by atoms with Crippen LogP contribution in [-0.2, 0) is 6.54 Å². The van der Waals surface area contributed by atoms with E-state index in [4.69, 9.17) is 11.6 Å². The van der Waals surface area contributed by atoms with E-state index < -0.39 is 0 Å². The van der Waals surface area contributed by atoms with Gasteiger partial charge in [-0.05, 0) is 42.3 Å². The fourth-order valence-electron chi connectivity index (χ4n) is 2.44. The van der Waals surface area contributed by atoms with E-state index in [-0.39, 0.29) is 0 Å². The highest BCUT2D eigenvalue weighted by Crippen LogP contribution is 2.39. The number of rotatable bonds is 7. The normalized spacial score (nSPS) is 21.3. The summed E-state index contributed by atoms with van der Waals surface area (Å²) in [5, 5.41) is 4.17. The summed E-state index contributed by atoms with van der Waals surface area (Å²) in [6.07, 6.45) is 3.26. The molecule has 0 radical (unpaired) electrons. The number of nitrogens with zero attached hydrogens (tertiary/aromatic N) is 2. The molecule has 1 N–H and O–H groups in total. The summed E-state index contributed by atoms with van der Waals surface area (Å²) in [5.41, 5.74) is 1.15. The lowest BCUT2D eigenvalue weighted by Crippen LogP contribution is -2.22. The maximum Gasteiger partial charge on any atom is 0.147 e. The minimum atomic E-state index is 0.657. The molecule has 0 spiro atoms. The Morgan fingerprint density at radius 3 is 2.75 bits per heavy atom. The van der Waals surface area contributed by atoms with Crippen LogP contribution in [0.3, 0.4) is 0 Å². The Balaban J connectivity index is 1.91. The molecular formula is C16H26ClN3. The van der Waals surface area contributed by atoms with E-state index in [1.165, 1.54) is 6.42 Å².